The third-order valence-corrected chi connectivity index (χ3v) is 4.26. The molecular weight excluding hydrogens is 270 g/mol. The molecule has 1 heterocycles. The molecule has 0 bridgehead atoms. The number of benzene rings is 1. The van der Waals surface area contributed by atoms with Gasteiger partial charge in [0.05, 0.1) is 28.8 Å². The van der Waals surface area contributed by atoms with E-state index in [9.17, 15) is 5.11 Å². The molecule has 4 heteroatoms. The maximum Gasteiger partial charge on any atom is 0.122 e. The molecule has 3 nitrogen and oxygen atoms in total. The van der Waals surface area contributed by atoms with Crippen molar-refractivity contribution in [2.75, 3.05) is 6.61 Å². The lowest BCUT2D eigenvalue weighted by Gasteiger charge is -2.07. The topological polar surface area (TPSA) is 42.4 Å². The summed E-state index contributed by atoms with van der Waals surface area (Å²) in [4.78, 5) is 5.60. The molecule has 0 aliphatic rings. The number of ether oxygens (including phenoxy) is 1. The fourth-order valence-electron chi connectivity index (χ4n) is 2.07. The summed E-state index contributed by atoms with van der Waals surface area (Å²) >= 11 is 1.60. The molecule has 0 radical (unpaired) electrons. The lowest BCUT2D eigenvalue weighted by molar-refractivity contribution is 0.284. The zero-order chi connectivity index (χ0) is 14.4. The Bertz CT molecular complexity index is 551. The zero-order valence-corrected chi connectivity index (χ0v) is 12.9. The highest BCUT2D eigenvalue weighted by Gasteiger charge is 2.10. The van der Waals surface area contributed by atoms with E-state index >= 15 is 0 Å². The van der Waals surface area contributed by atoms with Gasteiger partial charge in [-0.2, -0.15) is 0 Å². The molecule has 20 heavy (non-hydrogen) atoms. The van der Waals surface area contributed by atoms with E-state index in [1.165, 1.54) is 0 Å². The lowest BCUT2D eigenvalue weighted by Crippen LogP contribution is -2.02. The average Bonchev–Trinajstić information content (AvgIpc) is 2.84. The van der Waals surface area contributed by atoms with E-state index in [-0.39, 0.29) is 6.61 Å². The summed E-state index contributed by atoms with van der Waals surface area (Å²) in [6, 6.07) is 8.02. The van der Waals surface area contributed by atoms with Gasteiger partial charge in [-0.3, -0.25) is 0 Å². The number of nitrogens with zero attached hydrogens (tertiary/aromatic N) is 1. The largest absolute Gasteiger partial charge is 0.493 e. The van der Waals surface area contributed by atoms with E-state index in [1.54, 1.807) is 11.3 Å². The summed E-state index contributed by atoms with van der Waals surface area (Å²) in [5, 5.41) is 10.4. The first-order valence-electron chi connectivity index (χ1n) is 7.01. The molecule has 0 atom stereocenters. The summed E-state index contributed by atoms with van der Waals surface area (Å²) < 4.78 is 5.79. The van der Waals surface area contributed by atoms with Crippen molar-refractivity contribution in [3.8, 4) is 5.75 Å². The van der Waals surface area contributed by atoms with Crippen molar-refractivity contribution in [3.63, 3.8) is 0 Å². The van der Waals surface area contributed by atoms with Crippen LogP contribution in [0.15, 0.2) is 24.3 Å². The van der Waals surface area contributed by atoms with E-state index in [0.717, 1.165) is 46.2 Å². The van der Waals surface area contributed by atoms with Gasteiger partial charge in [-0.05, 0) is 25.0 Å². The normalized spacial score (nSPS) is 10.8. The Labute approximate surface area is 124 Å². The predicted octanol–water partition coefficient (Wildman–Crippen LogP) is 3.52. The number of aromatic nitrogens is 1. The minimum Gasteiger partial charge on any atom is -0.493 e. The van der Waals surface area contributed by atoms with Gasteiger partial charge in [-0.25, -0.2) is 4.98 Å². The molecule has 2 rings (SSSR count). The van der Waals surface area contributed by atoms with Gasteiger partial charge in [-0.15, -0.1) is 11.3 Å². The molecule has 0 saturated heterocycles. The number of hydrogen-bond donors (Lipinski definition) is 1. The second-order valence-electron chi connectivity index (χ2n) is 4.75. The third-order valence-electron chi connectivity index (χ3n) is 3.12. The highest BCUT2D eigenvalue weighted by atomic mass is 32.1. The fourth-order valence-corrected chi connectivity index (χ4v) is 3.02. The highest BCUT2D eigenvalue weighted by Crippen LogP contribution is 2.21. The van der Waals surface area contributed by atoms with Crippen LogP contribution in [0.3, 0.4) is 0 Å². The van der Waals surface area contributed by atoms with Gasteiger partial charge >= 0.3 is 0 Å². The Kier molecular flexibility index (Phi) is 5.56. The molecule has 1 N–H and O–H groups in total. The van der Waals surface area contributed by atoms with Crippen molar-refractivity contribution >= 4 is 11.3 Å². The monoisotopic (exact) mass is 291 g/mol. The van der Waals surface area contributed by atoms with Gasteiger partial charge in [-0.1, -0.05) is 31.5 Å². The van der Waals surface area contributed by atoms with Crippen molar-refractivity contribution in [2.24, 2.45) is 0 Å². The van der Waals surface area contributed by atoms with E-state index in [2.05, 4.69) is 11.9 Å². The second kappa shape index (κ2) is 7.41. The standard InChI is InChI=1S/C16H21NO2S/c1-3-6-13-15(11-18)20-16(17-13)9-10-19-14-8-5-4-7-12(14)2/h4-5,7-8,18H,3,6,9-11H2,1-2H3. The Morgan fingerprint density at radius 1 is 1.25 bits per heavy atom. The number of hydrogen-bond acceptors (Lipinski definition) is 4. The maximum atomic E-state index is 9.34. The fraction of sp³-hybridized carbons (Fsp3) is 0.438. The van der Waals surface area contributed by atoms with Gasteiger partial charge in [0.15, 0.2) is 0 Å². The molecule has 0 amide bonds. The van der Waals surface area contributed by atoms with Crippen molar-refractivity contribution in [1.82, 2.24) is 4.98 Å². The third kappa shape index (κ3) is 3.81. The molecule has 0 unspecified atom stereocenters. The first kappa shape index (κ1) is 15.0. The molecule has 0 aliphatic heterocycles. The number of aliphatic hydroxyl groups excluding tert-OH is 1. The summed E-state index contributed by atoms with van der Waals surface area (Å²) in [5.41, 5.74) is 2.19. The van der Waals surface area contributed by atoms with E-state index < -0.39 is 0 Å². The van der Waals surface area contributed by atoms with Gasteiger partial charge in [0.2, 0.25) is 0 Å². The first-order chi connectivity index (χ1) is 9.74. The van der Waals surface area contributed by atoms with Crippen molar-refractivity contribution in [2.45, 2.75) is 39.7 Å². The Morgan fingerprint density at radius 3 is 2.75 bits per heavy atom. The highest BCUT2D eigenvalue weighted by molar-refractivity contribution is 7.11. The number of thiazole rings is 1. The van der Waals surface area contributed by atoms with Crippen LogP contribution >= 0.6 is 11.3 Å². The lowest BCUT2D eigenvalue weighted by atomic mass is 10.2. The SMILES string of the molecule is CCCc1nc(CCOc2ccccc2C)sc1CO. The van der Waals surface area contributed by atoms with E-state index in [4.69, 9.17) is 4.74 Å². The van der Waals surface area contributed by atoms with Crippen LogP contribution in [0.5, 0.6) is 5.75 Å². The van der Waals surface area contributed by atoms with Crippen LogP contribution in [0.25, 0.3) is 0 Å². The quantitative estimate of drug-likeness (QED) is 0.848. The van der Waals surface area contributed by atoms with Crippen LogP contribution in [0, 0.1) is 6.92 Å². The van der Waals surface area contributed by atoms with Crippen molar-refractivity contribution in [1.29, 1.82) is 0 Å². The van der Waals surface area contributed by atoms with E-state index in [0.29, 0.717) is 6.61 Å². The average molecular weight is 291 g/mol. The summed E-state index contributed by atoms with van der Waals surface area (Å²) in [6.45, 7) is 4.88. The molecular formula is C16H21NO2S. The van der Waals surface area contributed by atoms with Crippen molar-refractivity contribution in [3.05, 3.63) is 45.4 Å². The maximum absolute atomic E-state index is 9.34. The number of aryl methyl sites for hydroxylation is 2. The van der Waals surface area contributed by atoms with Crippen LogP contribution < -0.4 is 4.74 Å². The van der Waals surface area contributed by atoms with Gasteiger partial charge in [0, 0.05) is 6.42 Å². The number of para-hydroxylation sites is 1. The molecule has 0 spiro atoms. The molecule has 108 valence electrons. The molecule has 2 aromatic rings. The van der Waals surface area contributed by atoms with Crippen molar-refractivity contribution < 1.29 is 9.84 Å². The first-order valence-corrected chi connectivity index (χ1v) is 7.83. The minimum absolute atomic E-state index is 0.0889. The molecule has 0 fully saturated rings. The number of aliphatic hydroxyl groups is 1. The van der Waals surface area contributed by atoms with Crippen LogP contribution in [-0.2, 0) is 19.4 Å². The Morgan fingerprint density at radius 2 is 2.05 bits per heavy atom. The Hall–Kier alpha value is -1.39. The second-order valence-corrected chi connectivity index (χ2v) is 5.92. The summed E-state index contributed by atoms with van der Waals surface area (Å²) in [7, 11) is 0. The minimum atomic E-state index is 0.0889. The predicted molar refractivity (Wildman–Crippen MR) is 82.4 cm³/mol. The molecule has 1 aromatic heterocycles. The summed E-state index contributed by atoms with van der Waals surface area (Å²) in [5.74, 6) is 0.931. The van der Waals surface area contributed by atoms with Gasteiger partial charge in [0.25, 0.3) is 0 Å². The summed E-state index contributed by atoms with van der Waals surface area (Å²) in [6.07, 6.45) is 2.77. The number of rotatable bonds is 7. The smallest absolute Gasteiger partial charge is 0.122 e. The Balaban J connectivity index is 1.92. The van der Waals surface area contributed by atoms with Gasteiger partial charge in [0.1, 0.15) is 5.75 Å². The van der Waals surface area contributed by atoms with Crippen LogP contribution in [-0.4, -0.2) is 16.7 Å². The zero-order valence-electron chi connectivity index (χ0n) is 12.1. The van der Waals surface area contributed by atoms with Crippen LogP contribution in [0.2, 0.25) is 0 Å². The van der Waals surface area contributed by atoms with E-state index in [1.807, 2.05) is 31.2 Å². The molecule has 0 aliphatic carbocycles. The molecule has 0 saturated carbocycles. The molecule has 1 aromatic carbocycles. The van der Waals surface area contributed by atoms with Gasteiger partial charge < -0.3 is 9.84 Å². The van der Waals surface area contributed by atoms with Crippen LogP contribution in [0.4, 0.5) is 0 Å². The van der Waals surface area contributed by atoms with Crippen LogP contribution in [0.1, 0.15) is 34.5 Å².